The van der Waals surface area contributed by atoms with E-state index in [-0.39, 0.29) is 11.5 Å². The Morgan fingerprint density at radius 1 is 1.23 bits per heavy atom. The van der Waals surface area contributed by atoms with Gasteiger partial charge in [0, 0.05) is 30.8 Å². The first-order valence-electron chi connectivity index (χ1n) is 9.79. The Morgan fingerprint density at radius 2 is 2.00 bits per heavy atom. The van der Waals surface area contributed by atoms with E-state index in [0.29, 0.717) is 37.1 Å². The van der Waals surface area contributed by atoms with Gasteiger partial charge in [0.25, 0.3) is 5.91 Å². The second kappa shape index (κ2) is 8.62. The third-order valence-corrected chi connectivity index (χ3v) is 5.26. The van der Waals surface area contributed by atoms with Crippen LogP contribution in [0.15, 0.2) is 42.5 Å². The molecule has 0 bridgehead atoms. The summed E-state index contributed by atoms with van der Waals surface area (Å²) in [6.45, 7) is 2.02. The Morgan fingerprint density at radius 3 is 2.77 bits per heavy atom. The predicted octanol–water partition coefficient (Wildman–Crippen LogP) is 3.64. The number of nitrogens with one attached hydrogen (secondary N) is 1. The number of carbonyl (C=O) groups excluding carboxylic acids is 2. The van der Waals surface area contributed by atoms with E-state index < -0.39 is 11.8 Å². The second-order valence-corrected chi connectivity index (χ2v) is 7.24. The van der Waals surface area contributed by atoms with Crippen LogP contribution >= 0.6 is 0 Å². The van der Waals surface area contributed by atoms with E-state index in [9.17, 15) is 14.0 Å². The first-order valence-corrected chi connectivity index (χ1v) is 9.79. The lowest BCUT2D eigenvalue weighted by molar-refractivity contribution is 0.0592. The highest BCUT2D eigenvalue weighted by molar-refractivity contribution is 6.11. The molecule has 1 saturated heterocycles. The molecule has 156 valence electrons. The number of fused-ring (bicyclic) bond motifs is 1. The molecule has 1 aliphatic rings. The van der Waals surface area contributed by atoms with Gasteiger partial charge in [0.1, 0.15) is 11.5 Å². The molecule has 2 heterocycles. The van der Waals surface area contributed by atoms with Gasteiger partial charge in [0.05, 0.1) is 18.2 Å². The van der Waals surface area contributed by atoms with Crippen LogP contribution in [-0.2, 0) is 16.0 Å². The third-order valence-electron chi connectivity index (χ3n) is 5.26. The van der Waals surface area contributed by atoms with Crippen molar-refractivity contribution in [1.29, 1.82) is 0 Å². The maximum absolute atomic E-state index is 13.9. The van der Waals surface area contributed by atoms with Gasteiger partial charge < -0.3 is 14.8 Å². The van der Waals surface area contributed by atoms with E-state index in [0.717, 1.165) is 29.8 Å². The first-order chi connectivity index (χ1) is 14.6. The molecule has 0 spiro atoms. The minimum atomic E-state index is -0.807. The summed E-state index contributed by atoms with van der Waals surface area (Å²) in [6, 6.07) is 11.2. The average molecular weight is 411 g/mol. The lowest BCUT2D eigenvalue weighted by atomic mass is 10.0. The molecule has 0 unspecified atom stereocenters. The minimum Gasteiger partial charge on any atom is -0.465 e. The summed E-state index contributed by atoms with van der Waals surface area (Å²) in [7, 11) is 1.17. The molecule has 4 rings (SSSR count). The van der Waals surface area contributed by atoms with Crippen LogP contribution in [0, 0.1) is 11.7 Å². The number of amides is 1. The summed E-state index contributed by atoms with van der Waals surface area (Å²) in [5, 5.41) is 8.12. The molecule has 1 aromatic heterocycles. The van der Waals surface area contributed by atoms with Crippen molar-refractivity contribution in [3.8, 4) is 0 Å². The second-order valence-electron chi connectivity index (χ2n) is 7.24. The number of anilines is 1. The molecule has 3 aromatic rings. The molecule has 1 N–H and O–H groups in total. The van der Waals surface area contributed by atoms with E-state index in [4.69, 9.17) is 4.74 Å². The molecule has 1 amide bonds. The Balaban J connectivity index is 1.65. The maximum atomic E-state index is 13.9. The fraction of sp³-hybridized carbons (Fsp3) is 0.318. The Bertz CT molecular complexity index is 1090. The van der Waals surface area contributed by atoms with Crippen molar-refractivity contribution < 1.29 is 23.5 Å². The van der Waals surface area contributed by atoms with Crippen LogP contribution in [-0.4, -0.2) is 42.0 Å². The highest BCUT2D eigenvalue weighted by Crippen LogP contribution is 2.24. The first kappa shape index (κ1) is 20.0. The van der Waals surface area contributed by atoms with Crippen LogP contribution in [0.4, 0.5) is 10.1 Å². The molecule has 0 saturated carbocycles. The van der Waals surface area contributed by atoms with E-state index in [1.165, 1.54) is 19.2 Å². The summed E-state index contributed by atoms with van der Waals surface area (Å²) in [6.07, 6.45) is 1.83. The lowest BCUT2D eigenvalue weighted by Gasteiger charge is -2.22. The molecular formula is C22H22FN3O4. The van der Waals surface area contributed by atoms with E-state index in [2.05, 4.69) is 15.2 Å². The summed E-state index contributed by atoms with van der Waals surface area (Å²) in [5.74, 6) is -1.52. The normalized spacial score (nSPS) is 14.6. The predicted molar refractivity (Wildman–Crippen MR) is 109 cm³/mol. The highest BCUT2D eigenvalue weighted by atomic mass is 19.1. The number of carbonyl (C=O) groups is 2. The topological polar surface area (TPSA) is 82.5 Å². The van der Waals surface area contributed by atoms with Gasteiger partial charge >= 0.3 is 5.97 Å². The summed E-state index contributed by atoms with van der Waals surface area (Å²) < 4.78 is 25.7. The van der Waals surface area contributed by atoms with E-state index in [1.54, 1.807) is 4.68 Å². The fourth-order valence-electron chi connectivity index (χ4n) is 3.69. The van der Waals surface area contributed by atoms with Gasteiger partial charge in [-0.2, -0.15) is 5.10 Å². The van der Waals surface area contributed by atoms with Crippen molar-refractivity contribution in [3.63, 3.8) is 0 Å². The Kier molecular flexibility index (Phi) is 5.76. The summed E-state index contributed by atoms with van der Waals surface area (Å²) in [4.78, 5) is 24.9. The van der Waals surface area contributed by atoms with Crippen LogP contribution in [0.2, 0.25) is 0 Å². The number of benzene rings is 2. The molecule has 1 aliphatic heterocycles. The number of aromatic nitrogens is 2. The van der Waals surface area contributed by atoms with E-state index in [1.807, 2.05) is 24.3 Å². The molecule has 0 radical (unpaired) electrons. The van der Waals surface area contributed by atoms with Crippen molar-refractivity contribution >= 4 is 28.5 Å². The lowest BCUT2D eigenvalue weighted by Crippen LogP contribution is -2.24. The van der Waals surface area contributed by atoms with Crippen LogP contribution in [0.25, 0.3) is 10.9 Å². The zero-order valence-corrected chi connectivity index (χ0v) is 16.6. The molecule has 1 fully saturated rings. The average Bonchev–Trinajstić information content (AvgIpc) is 3.13. The molecule has 8 heteroatoms. The zero-order chi connectivity index (χ0) is 21.1. The largest absolute Gasteiger partial charge is 0.465 e. The number of hydrogen-bond acceptors (Lipinski definition) is 5. The molecule has 30 heavy (non-hydrogen) atoms. The molecule has 0 aliphatic carbocycles. The number of methoxy groups -OCH3 is 1. The van der Waals surface area contributed by atoms with Gasteiger partial charge in [-0.05, 0) is 43.0 Å². The van der Waals surface area contributed by atoms with Crippen molar-refractivity contribution in [1.82, 2.24) is 9.78 Å². The van der Waals surface area contributed by atoms with Crippen molar-refractivity contribution in [3.05, 3.63) is 59.5 Å². The van der Waals surface area contributed by atoms with Crippen LogP contribution in [0.1, 0.15) is 33.7 Å². The standard InChI is InChI=1S/C22H22FN3O4/c1-29-22(28)17-12-15(6-7-18(17)23)24-21(27)20-16-4-2-3-5-19(16)25-26(20)13-14-8-10-30-11-9-14/h2-7,12,14H,8-11,13H2,1H3,(H,24,27). The maximum Gasteiger partial charge on any atom is 0.340 e. The number of ether oxygens (including phenoxy) is 2. The zero-order valence-electron chi connectivity index (χ0n) is 16.6. The molecular weight excluding hydrogens is 389 g/mol. The van der Waals surface area contributed by atoms with Gasteiger partial charge in [-0.3, -0.25) is 9.48 Å². The quantitative estimate of drug-likeness (QED) is 0.648. The third kappa shape index (κ3) is 4.04. The molecule has 2 aromatic carbocycles. The Labute approximate surface area is 172 Å². The number of halogens is 1. The molecule has 7 nitrogen and oxygen atoms in total. The van der Waals surface area contributed by atoms with Gasteiger partial charge in [-0.15, -0.1) is 0 Å². The van der Waals surface area contributed by atoms with Gasteiger partial charge in [-0.25, -0.2) is 9.18 Å². The van der Waals surface area contributed by atoms with Crippen molar-refractivity contribution in [2.45, 2.75) is 19.4 Å². The van der Waals surface area contributed by atoms with Gasteiger partial charge in [0.15, 0.2) is 0 Å². The smallest absolute Gasteiger partial charge is 0.340 e. The number of hydrogen-bond donors (Lipinski definition) is 1. The number of esters is 1. The van der Waals surface area contributed by atoms with Crippen molar-refractivity contribution in [2.75, 3.05) is 25.6 Å². The summed E-state index contributed by atoms with van der Waals surface area (Å²) in [5.41, 5.74) is 1.21. The fourth-order valence-corrected chi connectivity index (χ4v) is 3.69. The van der Waals surface area contributed by atoms with Crippen LogP contribution in [0.5, 0.6) is 0 Å². The summed E-state index contributed by atoms with van der Waals surface area (Å²) >= 11 is 0. The number of rotatable bonds is 5. The number of nitrogens with zero attached hydrogens (tertiary/aromatic N) is 2. The van der Waals surface area contributed by atoms with Crippen molar-refractivity contribution in [2.24, 2.45) is 5.92 Å². The van der Waals surface area contributed by atoms with Crippen LogP contribution < -0.4 is 5.32 Å². The minimum absolute atomic E-state index is 0.240. The Hall–Kier alpha value is -3.26. The van der Waals surface area contributed by atoms with Gasteiger partial charge in [0.2, 0.25) is 0 Å². The van der Waals surface area contributed by atoms with Gasteiger partial charge in [-0.1, -0.05) is 18.2 Å². The molecule has 0 atom stereocenters. The monoisotopic (exact) mass is 411 g/mol. The SMILES string of the molecule is COC(=O)c1cc(NC(=O)c2c3ccccc3nn2CC2CCOCC2)ccc1F. The van der Waals surface area contributed by atoms with E-state index >= 15 is 0 Å². The van der Waals surface area contributed by atoms with Crippen LogP contribution in [0.3, 0.4) is 0 Å². The highest BCUT2D eigenvalue weighted by Gasteiger charge is 2.23.